The maximum absolute atomic E-state index is 13.0. The van der Waals surface area contributed by atoms with Gasteiger partial charge in [-0.3, -0.25) is 4.79 Å². The van der Waals surface area contributed by atoms with Gasteiger partial charge in [0, 0.05) is 23.8 Å². The first-order chi connectivity index (χ1) is 10.7. The lowest BCUT2D eigenvalue weighted by Gasteiger charge is -2.28. The van der Waals surface area contributed by atoms with E-state index in [2.05, 4.69) is 21.1 Å². The highest BCUT2D eigenvalue weighted by Gasteiger charge is 2.46. The third kappa shape index (κ3) is 2.21. The summed E-state index contributed by atoms with van der Waals surface area (Å²) in [4.78, 5) is 15.1. The Labute approximate surface area is 128 Å². The van der Waals surface area contributed by atoms with Gasteiger partial charge in [-0.1, -0.05) is 0 Å². The predicted octanol–water partition coefficient (Wildman–Crippen LogP) is 2.77. The Morgan fingerprint density at radius 1 is 1.18 bits per heavy atom. The van der Waals surface area contributed by atoms with Gasteiger partial charge in [-0.25, -0.2) is 9.37 Å². The Kier molecular flexibility index (Phi) is 3.21. The standard InChI is InChI=1S/C17H18FN3O/c18-14-3-1-11(2-4-14)16-8-21(9-19-16)17-7-12-5-13(17)6-15(12)20-10-22/h1-4,8-10,12-13,15,17H,5-7H2,(H,20,22). The van der Waals surface area contributed by atoms with Gasteiger partial charge < -0.3 is 9.88 Å². The molecule has 0 radical (unpaired) electrons. The highest BCUT2D eigenvalue weighted by molar-refractivity contribution is 5.57. The van der Waals surface area contributed by atoms with Gasteiger partial charge in [0.2, 0.25) is 6.41 Å². The molecular weight excluding hydrogens is 281 g/mol. The van der Waals surface area contributed by atoms with Crippen molar-refractivity contribution in [3.05, 3.63) is 42.6 Å². The molecule has 2 saturated carbocycles. The van der Waals surface area contributed by atoms with Crippen LogP contribution in [0, 0.1) is 17.7 Å². The molecule has 2 fully saturated rings. The molecule has 4 atom stereocenters. The van der Waals surface area contributed by atoms with Crippen LogP contribution in [0.1, 0.15) is 25.3 Å². The summed E-state index contributed by atoms with van der Waals surface area (Å²) in [6, 6.07) is 7.25. The summed E-state index contributed by atoms with van der Waals surface area (Å²) in [5.41, 5.74) is 1.81. The maximum atomic E-state index is 13.0. The number of carbonyl (C=O) groups excluding carboxylic acids is 1. The Bertz CT molecular complexity index is 681. The van der Waals surface area contributed by atoms with E-state index in [4.69, 9.17) is 0 Å². The molecule has 0 aliphatic heterocycles. The van der Waals surface area contributed by atoms with Gasteiger partial charge in [0.1, 0.15) is 5.82 Å². The van der Waals surface area contributed by atoms with Gasteiger partial charge in [0.15, 0.2) is 0 Å². The Balaban J connectivity index is 1.51. The van der Waals surface area contributed by atoms with Crippen LogP contribution >= 0.6 is 0 Å². The topological polar surface area (TPSA) is 46.9 Å². The molecule has 2 aliphatic rings. The fraction of sp³-hybridized carbons (Fsp3) is 0.412. The van der Waals surface area contributed by atoms with E-state index >= 15 is 0 Å². The SMILES string of the molecule is O=CNC1CC2CC1CC2n1cnc(-c2ccc(F)cc2)c1. The highest BCUT2D eigenvalue weighted by atomic mass is 19.1. The van der Waals surface area contributed by atoms with Gasteiger partial charge in [0.25, 0.3) is 0 Å². The second-order valence-corrected chi connectivity index (χ2v) is 6.40. The monoisotopic (exact) mass is 299 g/mol. The molecule has 1 heterocycles. The van der Waals surface area contributed by atoms with E-state index in [1.165, 1.54) is 18.6 Å². The van der Waals surface area contributed by atoms with Crippen LogP contribution in [0.25, 0.3) is 11.3 Å². The number of hydrogen-bond acceptors (Lipinski definition) is 2. The zero-order chi connectivity index (χ0) is 15.1. The van der Waals surface area contributed by atoms with Gasteiger partial charge in [-0.2, -0.15) is 0 Å². The second-order valence-electron chi connectivity index (χ2n) is 6.40. The molecule has 22 heavy (non-hydrogen) atoms. The van der Waals surface area contributed by atoms with Crippen molar-refractivity contribution in [1.29, 1.82) is 0 Å². The number of imidazole rings is 1. The van der Waals surface area contributed by atoms with E-state index in [0.29, 0.717) is 23.9 Å². The number of benzene rings is 1. The number of fused-ring (bicyclic) bond motifs is 2. The minimum absolute atomic E-state index is 0.231. The van der Waals surface area contributed by atoms with E-state index in [9.17, 15) is 9.18 Å². The van der Waals surface area contributed by atoms with Crippen molar-refractivity contribution in [2.24, 2.45) is 11.8 Å². The van der Waals surface area contributed by atoms with Crippen LogP contribution in [-0.2, 0) is 4.79 Å². The number of amides is 1. The summed E-state index contributed by atoms with van der Waals surface area (Å²) in [5, 5.41) is 2.94. The minimum atomic E-state index is -0.231. The fourth-order valence-electron chi connectivity index (χ4n) is 4.19. The minimum Gasteiger partial charge on any atom is -0.356 e. The summed E-state index contributed by atoms with van der Waals surface area (Å²) in [5.74, 6) is 0.958. The van der Waals surface area contributed by atoms with Gasteiger partial charge in [-0.05, 0) is 55.4 Å². The second kappa shape index (κ2) is 5.23. The molecule has 2 aromatic rings. The molecule has 1 aromatic carbocycles. The third-order valence-electron chi connectivity index (χ3n) is 5.23. The molecule has 1 N–H and O–H groups in total. The van der Waals surface area contributed by atoms with E-state index < -0.39 is 0 Å². The lowest BCUT2D eigenvalue weighted by atomic mass is 9.91. The van der Waals surface area contributed by atoms with Crippen LogP contribution < -0.4 is 5.32 Å². The Morgan fingerprint density at radius 3 is 2.68 bits per heavy atom. The fourth-order valence-corrected chi connectivity index (χ4v) is 4.19. The summed E-state index contributed by atoms with van der Waals surface area (Å²) in [7, 11) is 0. The van der Waals surface area contributed by atoms with Crippen molar-refractivity contribution in [2.75, 3.05) is 0 Å². The zero-order valence-corrected chi connectivity index (χ0v) is 12.2. The Hall–Kier alpha value is -2.17. The summed E-state index contributed by atoms with van der Waals surface area (Å²) >= 11 is 0. The molecule has 2 aliphatic carbocycles. The van der Waals surface area contributed by atoms with Gasteiger partial charge in [-0.15, -0.1) is 0 Å². The molecule has 114 valence electrons. The van der Waals surface area contributed by atoms with Crippen molar-refractivity contribution in [2.45, 2.75) is 31.3 Å². The smallest absolute Gasteiger partial charge is 0.207 e. The van der Waals surface area contributed by atoms with Crippen molar-refractivity contribution < 1.29 is 9.18 Å². The van der Waals surface area contributed by atoms with Crippen LogP contribution in [0.15, 0.2) is 36.8 Å². The molecule has 2 bridgehead atoms. The number of aromatic nitrogens is 2. The van der Waals surface area contributed by atoms with E-state index in [-0.39, 0.29) is 5.82 Å². The highest BCUT2D eigenvalue weighted by Crippen LogP contribution is 2.50. The molecule has 0 spiro atoms. The third-order valence-corrected chi connectivity index (χ3v) is 5.23. The zero-order valence-electron chi connectivity index (χ0n) is 12.2. The summed E-state index contributed by atoms with van der Waals surface area (Å²) in [6.45, 7) is 0. The molecular formula is C17H18FN3O. The van der Waals surface area contributed by atoms with Gasteiger partial charge >= 0.3 is 0 Å². The van der Waals surface area contributed by atoms with E-state index in [1.54, 1.807) is 12.1 Å². The molecule has 4 nitrogen and oxygen atoms in total. The number of nitrogens with zero attached hydrogens (tertiary/aromatic N) is 2. The van der Waals surface area contributed by atoms with Crippen molar-refractivity contribution in [3.63, 3.8) is 0 Å². The lowest BCUT2D eigenvalue weighted by Crippen LogP contribution is -2.35. The van der Waals surface area contributed by atoms with Crippen molar-refractivity contribution in [3.8, 4) is 11.3 Å². The molecule has 4 unspecified atom stereocenters. The molecule has 1 aromatic heterocycles. The van der Waals surface area contributed by atoms with Crippen LogP contribution in [0.3, 0.4) is 0 Å². The number of hydrogen-bond donors (Lipinski definition) is 1. The van der Waals surface area contributed by atoms with Crippen LogP contribution in [0.2, 0.25) is 0 Å². The Morgan fingerprint density at radius 2 is 2.00 bits per heavy atom. The molecule has 1 amide bonds. The van der Waals surface area contributed by atoms with Gasteiger partial charge in [0.05, 0.1) is 12.0 Å². The summed E-state index contributed by atoms with van der Waals surface area (Å²) in [6.07, 6.45) is 8.09. The normalized spacial score (nSPS) is 29.7. The number of halogens is 1. The molecule has 4 rings (SSSR count). The number of rotatable bonds is 4. The van der Waals surface area contributed by atoms with Crippen LogP contribution in [0.4, 0.5) is 4.39 Å². The average Bonchev–Trinajstić information content (AvgIpc) is 3.22. The largest absolute Gasteiger partial charge is 0.356 e. The first-order valence-electron chi connectivity index (χ1n) is 7.73. The summed E-state index contributed by atoms with van der Waals surface area (Å²) < 4.78 is 15.2. The molecule has 0 saturated heterocycles. The first-order valence-corrected chi connectivity index (χ1v) is 7.73. The maximum Gasteiger partial charge on any atom is 0.207 e. The van der Waals surface area contributed by atoms with Crippen LogP contribution in [-0.4, -0.2) is 22.0 Å². The van der Waals surface area contributed by atoms with Crippen LogP contribution in [0.5, 0.6) is 0 Å². The van der Waals surface area contributed by atoms with Crippen molar-refractivity contribution >= 4 is 6.41 Å². The number of carbonyl (C=O) groups is 1. The lowest BCUT2D eigenvalue weighted by molar-refractivity contribution is -0.110. The molecule has 5 heteroatoms. The predicted molar refractivity (Wildman–Crippen MR) is 80.5 cm³/mol. The average molecular weight is 299 g/mol. The quantitative estimate of drug-likeness (QED) is 0.882. The first kappa shape index (κ1) is 13.5. The van der Waals surface area contributed by atoms with Crippen molar-refractivity contribution in [1.82, 2.24) is 14.9 Å². The van der Waals surface area contributed by atoms with E-state index in [1.807, 2.05) is 6.33 Å². The van der Waals surface area contributed by atoms with E-state index in [0.717, 1.165) is 30.5 Å². The number of nitrogens with one attached hydrogen (secondary N) is 1.